The second-order valence-electron chi connectivity index (χ2n) is 3.45. The second kappa shape index (κ2) is 4.02. The molecule has 2 aromatic rings. The second-order valence-corrected chi connectivity index (χ2v) is 3.45. The quantitative estimate of drug-likeness (QED) is 0.694. The minimum atomic E-state index is 0.463. The van der Waals surface area contributed by atoms with Crippen LogP contribution in [0.25, 0.3) is 10.9 Å². The number of hydrogen-bond acceptors (Lipinski definition) is 1. The van der Waals surface area contributed by atoms with Gasteiger partial charge in [-0.05, 0) is 11.6 Å². The summed E-state index contributed by atoms with van der Waals surface area (Å²) in [4.78, 5) is 0. The minimum absolute atomic E-state index is 0.463. The van der Waals surface area contributed by atoms with Gasteiger partial charge in [0.05, 0.1) is 12.5 Å². The lowest BCUT2D eigenvalue weighted by molar-refractivity contribution is 0.860. The van der Waals surface area contributed by atoms with Crippen LogP contribution in [-0.4, -0.2) is 4.57 Å². The highest BCUT2D eigenvalue weighted by Crippen LogP contribution is 2.21. The van der Waals surface area contributed by atoms with Crippen LogP contribution in [0.4, 0.5) is 0 Å². The topological polar surface area (TPSA) is 28.7 Å². The van der Waals surface area contributed by atoms with E-state index in [1.54, 1.807) is 0 Å². The predicted molar refractivity (Wildman–Crippen MR) is 61.5 cm³/mol. The molecule has 0 aliphatic heterocycles. The van der Waals surface area contributed by atoms with Crippen molar-refractivity contribution in [1.82, 2.24) is 4.57 Å². The van der Waals surface area contributed by atoms with Crippen LogP contribution in [0.1, 0.15) is 5.56 Å². The monoisotopic (exact) mass is 196 g/mol. The summed E-state index contributed by atoms with van der Waals surface area (Å²) in [5, 5.41) is 9.91. The maximum Gasteiger partial charge on any atom is 0.0670 e. The van der Waals surface area contributed by atoms with Crippen molar-refractivity contribution < 1.29 is 0 Å². The number of nitriles is 1. The molecule has 15 heavy (non-hydrogen) atoms. The molecule has 0 radical (unpaired) electrons. The number of benzene rings is 1. The fourth-order valence-corrected chi connectivity index (χ4v) is 1.84. The third kappa shape index (κ3) is 1.64. The molecule has 1 aromatic heterocycles. The van der Waals surface area contributed by atoms with Crippen LogP contribution in [0.2, 0.25) is 0 Å². The van der Waals surface area contributed by atoms with Crippen molar-refractivity contribution in [2.45, 2.75) is 13.0 Å². The number of para-hydroxylation sites is 1. The van der Waals surface area contributed by atoms with Crippen molar-refractivity contribution in [3.8, 4) is 6.07 Å². The number of rotatable bonds is 3. The largest absolute Gasteiger partial charge is 0.343 e. The summed E-state index contributed by atoms with van der Waals surface area (Å²) in [5.41, 5.74) is 2.26. The van der Waals surface area contributed by atoms with E-state index in [9.17, 15) is 0 Å². The molecule has 0 N–H and O–H groups in total. The van der Waals surface area contributed by atoms with Crippen LogP contribution in [-0.2, 0) is 13.0 Å². The highest BCUT2D eigenvalue weighted by molar-refractivity contribution is 5.84. The number of allylic oxidation sites excluding steroid dienone is 1. The molecule has 0 bridgehead atoms. The lowest BCUT2D eigenvalue weighted by Crippen LogP contribution is -1.91. The molecule has 2 rings (SSSR count). The van der Waals surface area contributed by atoms with E-state index in [0.717, 1.165) is 12.1 Å². The van der Waals surface area contributed by atoms with E-state index in [4.69, 9.17) is 5.26 Å². The Hall–Kier alpha value is -2.01. The van der Waals surface area contributed by atoms with Crippen LogP contribution in [0, 0.1) is 11.3 Å². The molecular formula is C13H12N2. The van der Waals surface area contributed by atoms with E-state index < -0.39 is 0 Å². The van der Waals surface area contributed by atoms with Crippen LogP contribution >= 0.6 is 0 Å². The average molecular weight is 196 g/mol. The molecule has 0 saturated heterocycles. The Morgan fingerprint density at radius 3 is 2.93 bits per heavy atom. The average Bonchev–Trinajstić information content (AvgIpc) is 2.59. The first-order valence-corrected chi connectivity index (χ1v) is 4.91. The van der Waals surface area contributed by atoms with Gasteiger partial charge in [0, 0.05) is 23.6 Å². The Bertz CT molecular complexity index is 529. The highest BCUT2D eigenvalue weighted by atomic mass is 14.9. The van der Waals surface area contributed by atoms with Crippen LogP contribution in [0.15, 0.2) is 43.1 Å². The Kier molecular flexibility index (Phi) is 2.55. The van der Waals surface area contributed by atoms with Gasteiger partial charge in [0.1, 0.15) is 0 Å². The fourth-order valence-electron chi connectivity index (χ4n) is 1.84. The van der Waals surface area contributed by atoms with E-state index in [-0.39, 0.29) is 0 Å². The Balaban J connectivity index is 2.63. The zero-order valence-corrected chi connectivity index (χ0v) is 8.48. The zero-order chi connectivity index (χ0) is 10.7. The van der Waals surface area contributed by atoms with Crippen LogP contribution in [0.3, 0.4) is 0 Å². The highest BCUT2D eigenvalue weighted by Gasteiger charge is 2.05. The van der Waals surface area contributed by atoms with E-state index in [2.05, 4.69) is 29.3 Å². The van der Waals surface area contributed by atoms with E-state index >= 15 is 0 Å². The normalized spacial score (nSPS) is 10.1. The maximum absolute atomic E-state index is 8.74. The third-order valence-electron chi connectivity index (χ3n) is 2.47. The van der Waals surface area contributed by atoms with Crippen molar-refractivity contribution >= 4 is 10.9 Å². The van der Waals surface area contributed by atoms with Crippen LogP contribution < -0.4 is 0 Å². The predicted octanol–water partition coefficient (Wildman–Crippen LogP) is 2.89. The molecule has 74 valence electrons. The van der Waals surface area contributed by atoms with Gasteiger partial charge >= 0.3 is 0 Å². The van der Waals surface area contributed by atoms with Crippen molar-refractivity contribution in [2.75, 3.05) is 0 Å². The zero-order valence-electron chi connectivity index (χ0n) is 8.48. The summed E-state index contributed by atoms with van der Waals surface area (Å²) in [5.74, 6) is 0. The molecule has 0 spiro atoms. The standard InChI is InChI=1S/C13H12N2/c1-2-9-15-10-11(7-8-14)12-5-3-4-6-13(12)15/h2-6,10H,1,7,9H2. The molecule has 0 saturated carbocycles. The van der Waals surface area contributed by atoms with Crippen molar-refractivity contribution in [3.05, 3.63) is 48.7 Å². The third-order valence-corrected chi connectivity index (χ3v) is 2.47. The van der Waals surface area contributed by atoms with Crippen molar-refractivity contribution in [1.29, 1.82) is 5.26 Å². The molecule has 0 atom stereocenters. The molecule has 0 fully saturated rings. The first kappa shape index (κ1) is 9.54. The van der Waals surface area contributed by atoms with E-state index in [1.807, 2.05) is 24.4 Å². The van der Waals surface area contributed by atoms with Gasteiger partial charge < -0.3 is 4.57 Å². The summed E-state index contributed by atoms with van der Waals surface area (Å²) in [6, 6.07) is 10.3. The van der Waals surface area contributed by atoms with Gasteiger partial charge in [-0.15, -0.1) is 6.58 Å². The first-order valence-electron chi connectivity index (χ1n) is 4.91. The summed E-state index contributed by atoms with van der Waals surface area (Å²) >= 11 is 0. The Morgan fingerprint density at radius 2 is 2.20 bits per heavy atom. The summed E-state index contributed by atoms with van der Waals surface area (Å²) in [7, 11) is 0. The van der Waals surface area contributed by atoms with Crippen LogP contribution in [0.5, 0.6) is 0 Å². The smallest absolute Gasteiger partial charge is 0.0670 e. The molecule has 0 unspecified atom stereocenters. The van der Waals surface area contributed by atoms with Gasteiger partial charge in [0.2, 0.25) is 0 Å². The van der Waals surface area contributed by atoms with Crippen molar-refractivity contribution in [3.63, 3.8) is 0 Å². The first-order chi connectivity index (χ1) is 7.36. The number of hydrogen-bond donors (Lipinski definition) is 0. The van der Waals surface area contributed by atoms with Gasteiger partial charge in [-0.2, -0.15) is 5.26 Å². The number of nitrogens with zero attached hydrogens (tertiary/aromatic N) is 2. The Labute approximate surface area is 89.1 Å². The molecule has 1 heterocycles. The molecular weight excluding hydrogens is 184 g/mol. The number of aromatic nitrogens is 1. The van der Waals surface area contributed by atoms with Gasteiger partial charge in [0.25, 0.3) is 0 Å². The fraction of sp³-hybridized carbons (Fsp3) is 0.154. The molecule has 2 heteroatoms. The minimum Gasteiger partial charge on any atom is -0.343 e. The summed E-state index contributed by atoms with van der Waals surface area (Å²) < 4.78 is 2.12. The number of fused-ring (bicyclic) bond motifs is 1. The van der Waals surface area contributed by atoms with Crippen molar-refractivity contribution in [2.24, 2.45) is 0 Å². The molecule has 0 aliphatic carbocycles. The maximum atomic E-state index is 8.74. The molecule has 2 nitrogen and oxygen atoms in total. The van der Waals surface area contributed by atoms with E-state index in [0.29, 0.717) is 6.42 Å². The lowest BCUT2D eigenvalue weighted by atomic mass is 10.1. The molecule has 0 aliphatic rings. The van der Waals surface area contributed by atoms with Gasteiger partial charge in [-0.3, -0.25) is 0 Å². The van der Waals surface area contributed by atoms with Gasteiger partial charge in [0.15, 0.2) is 0 Å². The Morgan fingerprint density at radius 1 is 1.40 bits per heavy atom. The molecule has 0 amide bonds. The summed E-state index contributed by atoms with van der Waals surface area (Å²) in [6.45, 7) is 4.52. The lowest BCUT2D eigenvalue weighted by Gasteiger charge is -1.99. The SMILES string of the molecule is C=CCn1cc(CC#N)c2ccccc21. The summed E-state index contributed by atoms with van der Waals surface area (Å²) in [6.07, 6.45) is 4.36. The van der Waals surface area contributed by atoms with Gasteiger partial charge in [-0.25, -0.2) is 0 Å². The molecule has 1 aromatic carbocycles. The van der Waals surface area contributed by atoms with Gasteiger partial charge in [-0.1, -0.05) is 24.3 Å². The van der Waals surface area contributed by atoms with E-state index in [1.165, 1.54) is 10.9 Å².